The second-order valence-corrected chi connectivity index (χ2v) is 20.2. The summed E-state index contributed by atoms with van der Waals surface area (Å²) in [5.41, 5.74) is 5.94. The zero-order chi connectivity index (χ0) is 34.1. The molecule has 1 aliphatic rings. The largest absolute Gasteiger partial charge is 0.444 e. The standard InChI is InChI=1S/C34H40ClN9O3Si/c1-34(2,3)47-33(45)40-30-12-8-23(17-36-30)29-19-38-32(43(29)21-46-13-14-48(4,5)6)26-10-7-22-15-24(18-37-31(22)26)27-16-25(35)9-11-28(27)44-20-39-41-42-44/h8-9,11-12,15-20,26H,7,10,13-14,21H2,1-6H3,(H,36,40,45). The van der Waals surface area contributed by atoms with Crippen LogP contribution in [0.15, 0.2) is 61.3 Å². The van der Waals surface area contributed by atoms with Gasteiger partial charge in [-0.15, -0.1) is 5.10 Å². The number of rotatable bonds is 10. The molecule has 4 aromatic heterocycles. The lowest BCUT2D eigenvalue weighted by atomic mass is 10.0. The second kappa shape index (κ2) is 13.6. The van der Waals surface area contributed by atoms with Gasteiger partial charge in [-0.05, 0) is 92.0 Å². The molecular formula is C34H40ClN9O3Si. The molecule has 6 rings (SSSR count). The molecule has 0 bridgehead atoms. The van der Waals surface area contributed by atoms with E-state index < -0.39 is 19.8 Å². The number of benzene rings is 1. The van der Waals surface area contributed by atoms with E-state index in [1.54, 1.807) is 23.3 Å². The van der Waals surface area contributed by atoms with Crippen LogP contribution in [0.1, 0.15) is 50.2 Å². The summed E-state index contributed by atoms with van der Waals surface area (Å²) in [5.74, 6) is 1.28. The van der Waals surface area contributed by atoms with Crippen molar-refractivity contribution in [3.8, 4) is 28.1 Å². The maximum absolute atomic E-state index is 12.3. The second-order valence-electron chi connectivity index (χ2n) is 14.1. The number of hydrogen-bond acceptors (Lipinski definition) is 9. The monoisotopic (exact) mass is 685 g/mol. The Morgan fingerprint density at radius 3 is 2.56 bits per heavy atom. The van der Waals surface area contributed by atoms with Crippen molar-refractivity contribution >= 4 is 31.6 Å². The maximum Gasteiger partial charge on any atom is 0.413 e. The Balaban J connectivity index is 1.29. The van der Waals surface area contributed by atoms with Crippen molar-refractivity contribution in [2.24, 2.45) is 0 Å². The van der Waals surface area contributed by atoms with E-state index in [0.29, 0.717) is 24.2 Å². The number of imidazole rings is 1. The van der Waals surface area contributed by atoms with Crippen LogP contribution in [0.2, 0.25) is 30.7 Å². The number of pyridine rings is 2. The minimum absolute atomic E-state index is 0.0113. The van der Waals surface area contributed by atoms with Crippen molar-refractivity contribution < 1.29 is 14.3 Å². The molecule has 0 saturated heterocycles. The van der Waals surface area contributed by atoms with Crippen molar-refractivity contribution in [2.45, 2.75) is 77.5 Å². The fraction of sp³-hybridized carbons (Fsp3) is 0.382. The molecule has 0 radical (unpaired) electrons. The number of tetrazole rings is 1. The lowest BCUT2D eigenvalue weighted by Crippen LogP contribution is -2.27. The van der Waals surface area contributed by atoms with E-state index in [9.17, 15) is 4.79 Å². The van der Waals surface area contributed by atoms with Gasteiger partial charge in [0.25, 0.3) is 0 Å². The van der Waals surface area contributed by atoms with Gasteiger partial charge >= 0.3 is 6.09 Å². The van der Waals surface area contributed by atoms with Gasteiger partial charge in [0.15, 0.2) is 0 Å². The smallest absolute Gasteiger partial charge is 0.413 e. The van der Waals surface area contributed by atoms with Gasteiger partial charge in [-0.1, -0.05) is 31.2 Å². The Labute approximate surface area is 285 Å². The molecule has 0 fully saturated rings. The van der Waals surface area contributed by atoms with Crippen LogP contribution in [0, 0.1) is 0 Å². The van der Waals surface area contributed by atoms with E-state index in [1.165, 1.54) is 0 Å². The summed E-state index contributed by atoms with van der Waals surface area (Å²) in [6.45, 7) is 13.5. The predicted octanol–water partition coefficient (Wildman–Crippen LogP) is 7.37. The van der Waals surface area contributed by atoms with E-state index in [4.69, 9.17) is 31.0 Å². The number of aromatic nitrogens is 8. The highest BCUT2D eigenvalue weighted by molar-refractivity contribution is 6.76. The third-order valence-electron chi connectivity index (χ3n) is 8.00. The van der Waals surface area contributed by atoms with Crippen LogP contribution in [-0.4, -0.2) is 66.1 Å². The topological polar surface area (TPSA) is 135 Å². The first kappa shape index (κ1) is 33.4. The molecule has 1 N–H and O–H groups in total. The Bertz CT molecular complexity index is 1900. The fourth-order valence-electron chi connectivity index (χ4n) is 5.68. The Kier molecular flexibility index (Phi) is 9.45. The van der Waals surface area contributed by atoms with Gasteiger partial charge in [0.05, 0.1) is 29.2 Å². The molecule has 0 aliphatic heterocycles. The van der Waals surface area contributed by atoms with Gasteiger partial charge in [-0.3, -0.25) is 10.3 Å². The molecular weight excluding hydrogens is 646 g/mol. The molecule has 1 atom stereocenters. The molecule has 0 spiro atoms. The number of carbonyl (C=O) groups excluding carboxylic acids is 1. The average Bonchev–Trinajstić information content (AvgIpc) is 3.78. The summed E-state index contributed by atoms with van der Waals surface area (Å²) >= 11 is 6.42. The van der Waals surface area contributed by atoms with Gasteiger partial charge in [0.1, 0.15) is 30.3 Å². The summed E-state index contributed by atoms with van der Waals surface area (Å²) in [7, 11) is -1.27. The van der Waals surface area contributed by atoms with E-state index in [2.05, 4.69) is 56.1 Å². The minimum Gasteiger partial charge on any atom is -0.444 e. The number of aryl methyl sites for hydroxylation is 1. The lowest BCUT2D eigenvalue weighted by Gasteiger charge is -2.20. The number of anilines is 1. The minimum atomic E-state index is -1.27. The summed E-state index contributed by atoms with van der Waals surface area (Å²) < 4.78 is 15.4. The van der Waals surface area contributed by atoms with Gasteiger partial charge < -0.3 is 14.0 Å². The molecule has 1 unspecified atom stereocenters. The number of nitrogens with one attached hydrogen (secondary N) is 1. The molecule has 1 aromatic carbocycles. The van der Waals surface area contributed by atoms with E-state index in [0.717, 1.165) is 64.0 Å². The molecule has 250 valence electrons. The summed E-state index contributed by atoms with van der Waals surface area (Å²) in [4.78, 5) is 26.7. The zero-order valence-corrected chi connectivity index (χ0v) is 29.8. The summed E-state index contributed by atoms with van der Waals surface area (Å²) in [6.07, 6.45) is 8.21. The first-order valence-electron chi connectivity index (χ1n) is 16.0. The van der Waals surface area contributed by atoms with Crippen LogP contribution in [-0.2, 0) is 22.6 Å². The van der Waals surface area contributed by atoms with E-state index in [1.807, 2.05) is 57.4 Å². The van der Waals surface area contributed by atoms with Crippen molar-refractivity contribution in [1.82, 2.24) is 39.7 Å². The van der Waals surface area contributed by atoms with Gasteiger partial charge in [0.2, 0.25) is 0 Å². The van der Waals surface area contributed by atoms with E-state index >= 15 is 0 Å². The number of ether oxygens (including phenoxy) is 2. The quantitative estimate of drug-likeness (QED) is 0.118. The molecule has 1 aliphatic carbocycles. The SMILES string of the molecule is CC(C)(C)OC(=O)Nc1ccc(-c2cnc(C3CCc4cc(-c5cc(Cl)ccc5-n5cnnn5)cnc43)n2COCC[Si](C)(C)C)cn1. The van der Waals surface area contributed by atoms with Gasteiger partial charge in [-0.2, -0.15) is 4.68 Å². The Hall–Kier alpha value is -4.46. The molecule has 1 amide bonds. The Morgan fingerprint density at radius 1 is 1.04 bits per heavy atom. The first-order chi connectivity index (χ1) is 22.8. The maximum atomic E-state index is 12.3. The van der Waals surface area contributed by atoms with Crippen LogP contribution in [0.5, 0.6) is 0 Å². The van der Waals surface area contributed by atoms with Crippen molar-refractivity contribution in [3.05, 3.63) is 83.4 Å². The molecule has 5 aromatic rings. The molecule has 4 heterocycles. The van der Waals surface area contributed by atoms with Gasteiger partial charge in [-0.25, -0.2) is 14.8 Å². The van der Waals surface area contributed by atoms with Crippen LogP contribution in [0.4, 0.5) is 10.6 Å². The third kappa shape index (κ3) is 7.80. The molecule has 0 saturated carbocycles. The number of amides is 1. The number of nitrogens with zero attached hydrogens (tertiary/aromatic N) is 8. The highest BCUT2D eigenvalue weighted by atomic mass is 35.5. The summed E-state index contributed by atoms with van der Waals surface area (Å²) in [5, 5.41) is 15.0. The lowest BCUT2D eigenvalue weighted by molar-refractivity contribution is 0.0635. The highest BCUT2D eigenvalue weighted by Crippen LogP contribution is 2.40. The third-order valence-corrected chi connectivity index (χ3v) is 9.94. The Morgan fingerprint density at radius 2 is 1.85 bits per heavy atom. The number of halogens is 1. The normalized spacial score (nSPS) is 14.6. The highest BCUT2D eigenvalue weighted by Gasteiger charge is 2.31. The van der Waals surface area contributed by atoms with Crippen LogP contribution in [0.3, 0.4) is 0 Å². The van der Waals surface area contributed by atoms with Crippen LogP contribution < -0.4 is 5.32 Å². The van der Waals surface area contributed by atoms with Crippen molar-refractivity contribution in [3.63, 3.8) is 0 Å². The van der Waals surface area contributed by atoms with Crippen LogP contribution in [0.25, 0.3) is 28.1 Å². The zero-order valence-electron chi connectivity index (χ0n) is 28.1. The fourth-order valence-corrected chi connectivity index (χ4v) is 6.61. The first-order valence-corrected chi connectivity index (χ1v) is 20.0. The van der Waals surface area contributed by atoms with Crippen molar-refractivity contribution in [2.75, 3.05) is 11.9 Å². The predicted molar refractivity (Wildman–Crippen MR) is 187 cm³/mol. The molecule has 48 heavy (non-hydrogen) atoms. The number of fused-ring (bicyclic) bond motifs is 1. The van der Waals surface area contributed by atoms with Crippen molar-refractivity contribution in [1.29, 1.82) is 0 Å². The molecule has 14 heteroatoms. The van der Waals surface area contributed by atoms with Crippen LogP contribution >= 0.6 is 11.6 Å². The summed E-state index contributed by atoms with van der Waals surface area (Å²) in [6, 6.07) is 12.6. The van der Waals surface area contributed by atoms with Gasteiger partial charge in [0, 0.05) is 48.8 Å². The number of hydrogen-bond donors (Lipinski definition) is 1. The van der Waals surface area contributed by atoms with E-state index in [-0.39, 0.29) is 5.92 Å². The molecule has 12 nitrogen and oxygen atoms in total. The average molecular weight is 686 g/mol. The number of carbonyl (C=O) groups is 1.